The summed E-state index contributed by atoms with van der Waals surface area (Å²) in [4.78, 5) is 9.29. The van der Waals surface area contributed by atoms with Crippen LogP contribution in [0.4, 0.5) is 11.5 Å². The van der Waals surface area contributed by atoms with Gasteiger partial charge in [-0.05, 0) is 54.7 Å². The van der Waals surface area contributed by atoms with Gasteiger partial charge in [0.1, 0.15) is 0 Å². The molecule has 0 bridgehead atoms. The van der Waals surface area contributed by atoms with E-state index in [0.717, 1.165) is 58.7 Å². The topological polar surface area (TPSA) is 51.5 Å². The number of hydrogen-bond donors (Lipinski definition) is 1. The summed E-state index contributed by atoms with van der Waals surface area (Å²) in [5, 5.41) is 3.44. The highest BCUT2D eigenvalue weighted by Crippen LogP contribution is 2.29. The average molecular weight is 423 g/mol. The highest BCUT2D eigenvalue weighted by atomic mass is 79.9. The van der Waals surface area contributed by atoms with Crippen molar-refractivity contribution in [3.8, 4) is 0 Å². The molecule has 0 radical (unpaired) electrons. The third-order valence-corrected chi connectivity index (χ3v) is 5.64. The van der Waals surface area contributed by atoms with E-state index in [4.69, 9.17) is 9.72 Å². The third-order valence-electron chi connectivity index (χ3n) is 5.15. The predicted octanol–water partition coefficient (Wildman–Crippen LogP) is 5.28. The van der Waals surface area contributed by atoms with Gasteiger partial charge in [0.05, 0.1) is 11.0 Å². The van der Waals surface area contributed by atoms with Crippen molar-refractivity contribution in [2.45, 2.75) is 18.8 Å². The lowest BCUT2D eigenvalue weighted by Crippen LogP contribution is -2.13. The summed E-state index contributed by atoms with van der Waals surface area (Å²) in [6, 6.07) is 14.7. The van der Waals surface area contributed by atoms with Gasteiger partial charge in [0.15, 0.2) is 11.5 Å². The molecule has 5 nitrogen and oxygen atoms in total. The largest absolute Gasteiger partial charge is 0.381 e. The number of anilines is 2. The van der Waals surface area contributed by atoms with Gasteiger partial charge in [-0.25, -0.2) is 9.97 Å². The highest BCUT2D eigenvalue weighted by Gasteiger charge is 2.16. The van der Waals surface area contributed by atoms with Gasteiger partial charge < -0.3 is 10.1 Å². The van der Waals surface area contributed by atoms with Crippen LogP contribution in [0.2, 0.25) is 0 Å². The highest BCUT2D eigenvalue weighted by molar-refractivity contribution is 9.10. The second-order valence-electron chi connectivity index (χ2n) is 6.85. The van der Waals surface area contributed by atoms with Crippen LogP contribution in [0.5, 0.6) is 0 Å². The van der Waals surface area contributed by atoms with Gasteiger partial charge in [-0.15, -0.1) is 0 Å². The predicted molar refractivity (Wildman–Crippen MR) is 111 cm³/mol. The number of aromatic nitrogens is 3. The standard InChI is InChI=1S/C21H19BrN4O/c22-16-3-6-18-19(13-16)26-10-9-23-21(26)20(25-18)24-17-4-1-14(2-5-17)15-7-11-27-12-8-15/h1-6,9-10,13,15H,7-8,11-12H2,(H,24,25). The molecule has 2 aromatic heterocycles. The van der Waals surface area contributed by atoms with E-state index in [9.17, 15) is 0 Å². The van der Waals surface area contributed by atoms with E-state index in [0.29, 0.717) is 5.92 Å². The summed E-state index contributed by atoms with van der Waals surface area (Å²) in [6.45, 7) is 1.72. The van der Waals surface area contributed by atoms with Gasteiger partial charge >= 0.3 is 0 Å². The van der Waals surface area contributed by atoms with Crippen molar-refractivity contribution in [3.63, 3.8) is 0 Å². The summed E-state index contributed by atoms with van der Waals surface area (Å²) in [6.07, 6.45) is 5.97. The van der Waals surface area contributed by atoms with Crippen molar-refractivity contribution in [3.05, 3.63) is 64.9 Å². The molecule has 0 unspecified atom stereocenters. The van der Waals surface area contributed by atoms with Crippen LogP contribution >= 0.6 is 15.9 Å². The van der Waals surface area contributed by atoms with Crippen LogP contribution in [0.3, 0.4) is 0 Å². The van der Waals surface area contributed by atoms with Gasteiger partial charge in [-0.3, -0.25) is 4.40 Å². The first-order valence-electron chi connectivity index (χ1n) is 9.15. The number of fused-ring (bicyclic) bond motifs is 3. The van der Waals surface area contributed by atoms with E-state index in [2.05, 4.69) is 61.0 Å². The molecule has 136 valence electrons. The van der Waals surface area contributed by atoms with Gasteiger partial charge in [0.25, 0.3) is 0 Å². The average Bonchev–Trinajstić information content (AvgIpc) is 3.20. The van der Waals surface area contributed by atoms with E-state index >= 15 is 0 Å². The quantitative estimate of drug-likeness (QED) is 0.487. The molecule has 1 saturated heterocycles. The SMILES string of the molecule is Brc1ccc2nc(Nc3ccc(C4CCOCC4)cc3)c3nccn3c2c1. The summed E-state index contributed by atoms with van der Waals surface area (Å²) in [5.41, 5.74) is 5.15. The molecule has 1 aliphatic heterocycles. The number of halogens is 1. The zero-order valence-electron chi connectivity index (χ0n) is 14.7. The Balaban J connectivity index is 1.48. The molecule has 27 heavy (non-hydrogen) atoms. The molecule has 0 amide bonds. The van der Waals surface area contributed by atoms with Crippen LogP contribution in [-0.4, -0.2) is 27.6 Å². The summed E-state index contributed by atoms with van der Waals surface area (Å²) < 4.78 is 8.55. The molecule has 1 fully saturated rings. The van der Waals surface area contributed by atoms with Crippen LogP contribution in [0.25, 0.3) is 16.7 Å². The molecule has 5 rings (SSSR count). The molecule has 0 aliphatic carbocycles. The lowest BCUT2D eigenvalue weighted by molar-refractivity contribution is 0.0853. The smallest absolute Gasteiger partial charge is 0.180 e. The fourth-order valence-corrected chi connectivity index (χ4v) is 4.07. The normalized spacial score (nSPS) is 15.4. The monoisotopic (exact) mass is 422 g/mol. The molecule has 6 heteroatoms. The van der Waals surface area contributed by atoms with Crippen molar-refractivity contribution in [1.29, 1.82) is 0 Å². The van der Waals surface area contributed by atoms with Crippen molar-refractivity contribution >= 4 is 44.1 Å². The summed E-state index contributed by atoms with van der Waals surface area (Å²) >= 11 is 3.53. The number of imidazole rings is 1. The molecule has 0 atom stereocenters. The van der Waals surface area contributed by atoms with Gasteiger partial charge in [-0.2, -0.15) is 0 Å². The Kier molecular flexibility index (Phi) is 4.30. The molecule has 2 aromatic carbocycles. The van der Waals surface area contributed by atoms with Crippen LogP contribution in [0, 0.1) is 0 Å². The minimum Gasteiger partial charge on any atom is -0.381 e. The van der Waals surface area contributed by atoms with Gasteiger partial charge in [0, 0.05) is 35.8 Å². The first-order chi connectivity index (χ1) is 13.3. The Morgan fingerprint density at radius 1 is 1.07 bits per heavy atom. The molecule has 1 N–H and O–H groups in total. The number of nitrogens with zero attached hydrogens (tertiary/aromatic N) is 3. The Hall–Kier alpha value is -2.44. The zero-order valence-corrected chi connectivity index (χ0v) is 16.3. The molecular weight excluding hydrogens is 404 g/mol. The maximum atomic E-state index is 5.47. The lowest BCUT2D eigenvalue weighted by Gasteiger charge is -2.22. The number of nitrogens with one attached hydrogen (secondary N) is 1. The van der Waals surface area contributed by atoms with E-state index in [1.807, 2.05) is 18.3 Å². The minimum absolute atomic E-state index is 0.601. The van der Waals surface area contributed by atoms with E-state index in [1.54, 1.807) is 6.20 Å². The molecule has 4 aromatic rings. The maximum Gasteiger partial charge on any atom is 0.180 e. The fourth-order valence-electron chi connectivity index (χ4n) is 3.72. The number of hydrogen-bond acceptors (Lipinski definition) is 4. The first kappa shape index (κ1) is 16.7. The summed E-state index contributed by atoms with van der Waals surface area (Å²) in [5.74, 6) is 1.36. The van der Waals surface area contributed by atoms with E-state index in [-0.39, 0.29) is 0 Å². The Morgan fingerprint density at radius 3 is 2.70 bits per heavy atom. The second kappa shape index (κ2) is 6.94. The van der Waals surface area contributed by atoms with Crippen molar-refractivity contribution in [1.82, 2.24) is 14.4 Å². The zero-order chi connectivity index (χ0) is 18.2. The second-order valence-corrected chi connectivity index (χ2v) is 7.76. The van der Waals surface area contributed by atoms with Crippen molar-refractivity contribution in [2.75, 3.05) is 18.5 Å². The Morgan fingerprint density at radius 2 is 1.89 bits per heavy atom. The number of benzene rings is 2. The molecule has 3 heterocycles. The minimum atomic E-state index is 0.601. The van der Waals surface area contributed by atoms with Crippen LogP contribution < -0.4 is 5.32 Å². The van der Waals surface area contributed by atoms with Gasteiger partial charge in [0.2, 0.25) is 0 Å². The first-order valence-corrected chi connectivity index (χ1v) is 9.94. The molecule has 0 spiro atoms. The van der Waals surface area contributed by atoms with Crippen LogP contribution in [0.1, 0.15) is 24.3 Å². The van der Waals surface area contributed by atoms with Gasteiger partial charge in [-0.1, -0.05) is 28.1 Å². The molecular formula is C21H19BrN4O. The van der Waals surface area contributed by atoms with Crippen molar-refractivity contribution < 1.29 is 4.74 Å². The third kappa shape index (κ3) is 3.19. The maximum absolute atomic E-state index is 5.47. The van der Waals surface area contributed by atoms with E-state index < -0.39 is 0 Å². The molecule has 0 saturated carbocycles. The number of ether oxygens (including phenoxy) is 1. The Labute approximate surface area is 165 Å². The Bertz CT molecular complexity index is 1100. The fraction of sp³-hybridized carbons (Fsp3) is 0.238. The lowest BCUT2D eigenvalue weighted by atomic mass is 9.92. The summed E-state index contributed by atoms with van der Waals surface area (Å²) in [7, 11) is 0. The number of rotatable bonds is 3. The van der Waals surface area contributed by atoms with E-state index in [1.165, 1.54) is 5.56 Å². The van der Waals surface area contributed by atoms with Crippen LogP contribution in [-0.2, 0) is 4.74 Å². The van der Waals surface area contributed by atoms with Crippen LogP contribution in [0.15, 0.2) is 59.3 Å². The van der Waals surface area contributed by atoms with Crippen molar-refractivity contribution in [2.24, 2.45) is 0 Å². The molecule has 1 aliphatic rings.